The molecule has 0 saturated carbocycles. The Morgan fingerprint density at radius 3 is 2.13 bits per heavy atom. The van der Waals surface area contributed by atoms with Crippen LogP contribution in [0.15, 0.2) is 0 Å². The number of aliphatic hydroxyl groups excluding tert-OH is 1. The largest absolute Gasteiger partial charge is 0.396 e. The van der Waals surface area contributed by atoms with Crippen molar-refractivity contribution in [3.05, 3.63) is 0 Å². The molecule has 0 aliphatic rings. The van der Waals surface area contributed by atoms with Gasteiger partial charge in [0.25, 0.3) is 0 Å². The Kier molecular flexibility index (Phi) is 5.29. The molecule has 0 saturated heterocycles. The van der Waals surface area contributed by atoms with Crippen LogP contribution in [0.2, 0.25) is 0 Å². The van der Waals surface area contributed by atoms with Crippen LogP contribution in [0.25, 0.3) is 0 Å². The van der Waals surface area contributed by atoms with E-state index in [9.17, 15) is 4.79 Å². The van der Waals surface area contributed by atoms with E-state index in [1.54, 1.807) is 0 Å². The number of aliphatic hydroxyl groups is 1. The number of hydrogen-bond acceptors (Lipinski definition) is 2. The second-order valence-electron chi connectivity index (χ2n) is 6.15. The predicted molar refractivity (Wildman–Crippen MR) is 62.6 cm³/mol. The summed E-state index contributed by atoms with van der Waals surface area (Å²) in [6.45, 7) is 11.0. The van der Waals surface area contributed by atoms with Crippen molar-refractivity contribution in [2.75, 3.05) is 13.2 Å². The second kappa shape index (κ2) is 5.50. The van der Waals surface area contributed by atoms with E-state index in [2.05, 4.69) is 5.32 Å². The van der Waals surface area contributed by atoms with Crippen LogP contribution in [-0.2, 0) is 4.79 Å². The van der Waals surface area contributed by atoms with Gasteiger partial charge in [-0.15, -0.1) is 0 Å². The molecule has 0 radical (unpaired) electrons. The summed E-state index contributed by atoms with van der Waals surface area (Å²) in [5, 5.41) is 11.8. The molecule has 1 amide bonds. The average molecular weight is 215 g/mol. The predicted octanol–water partition coefficient (Wildman–Crippen LogP) is 1.95. The monoisotopic (exact) mass is 215 g/mol. The minimum atomic E-state index is -0.0255. The minimum Gasteiger partial charge on any atom is -0.396 e. The number of hydrogen-bond donors (Lipinski definition) is 2. The topological polar surface area (TPSA) is 49.3 Å². The number of carbonyl (C=O) groups is 1. The Morgan fingerprint density at radius 1 is 1.20 bits per heavy atom. The summed E-state index contributed by atoms with van der Waals surface area (Å²) in [7, 11) is 0. The minimum absolute atomic E-state index is 0.0255. The van der Waals surface area contributed by atoms with Gasteiger partial charge < -0.3 is 10.4 Å². The van der Waals surface area contributed by atoms with Crippen LogP contribution >= 0.6 is 0 Å². The Bertz CT molecular complexity index is 204. The zero-order valence-electron chi connectivity index (χ0n) is 10.7. The first-order valence-corrected chi connectivity index (χ1v) is 5.54. The van der Waals surface area contributed by atoms with E-state index in [-0.39, 0.29) is 23.3 Å². The molecule has 3 nitrogen and oxygen atoms in total. The van der Waals surface area contributed by atoms with Crippen molar-refractivity contribution in [1.29, 1.82) is 0 Å². The molecule has 0 unspecified atom stereocenters. The third-order valence-corrected chi connectivity index (χ3v) is 2.24. The number of nitrogens with one attached hydrogen (secondary N) is 1. The molecule has 0 aromatic heterocycles. The van der Waals surface area contributed by atoms with Gasteiger partial charge in [-0.25, -0.2) is 0 Å². The van der Waals surface area contributed by atoms with Gasteiger partial charge in [-0.3, -0.25) is 4.79 Å². The highest BCUT2D eigenvalue weighted by atomic mass is 16.3. The van der Waals surface area contributed by atoms with Gasteiger partial charge in [-0.2, -0.15) is 0 Å². The Balaban J connectivity index is 3.90. The fraction of sp³-hybridized carbons (Fsp3) is 0.917. The molecule has 0 aromatic carbocycles. The molecule has 90 valence electrons. The van der Waals surface area contributed by atoms with Crippen molar-refractivity contribution in [3.63, 3.8) is 0 Å². The number of rotatable bonds is 5. The van der Waals surface area contributed by atoms with Gasteiger partial charge in [0.05, 0.1) is 0 Å². The van der Waals surface area contributed by atoms with E-state index in [4.69, 9.17) is 5.11 Å². The lowest BCUT2D eigenvalue weighted by Gasteiger charge is -2.25. The normalized spacial score (nSPS) is 12.7. The molecule has 0 heterocycles. The maximum Gasteiger partial charge on any atom is 0.220 e. The van der Waals surface area contributed by atoms with Gasteiger partial charge in [0.1, 0.15) is 0 Å². The summed E-state index contributed by atoms with van der Waals surface area (Å²) >= 11 is 0. The summed E-state index contributed by atoms with van der Waals surface area (Å²) in [6, 6.07) is 0. The lowest BCUT2D eigenvalue weighted by atomic mass is 9.88. The van der Waals surface area contributed by atoms with Crippen LogP contribution in [0.1, 0.15) is 47.5 Å². The SMILES string of the molecule is CC(C)(C)CC(=O)NCC(C)(C)CCO. The van der Waals surface area contributed by atoms with Crippen molar-refractivity contribution >= 4 is 5.91 Å². The highest BCUT2D eigenvalue weighted by Gasteiger charge is 2.20. The summed E-state index contributed by atoms with van der Waals surface area (Å²) in [5.41, 5.74) is 0.00744. The van der Waals surface area contributed by atoms with Crippen LogP contribution in [0.4, 0.5) is 0 Å². The van der Waals surface area contributed by atoms with Gasteiger partial charge in [0, 0.05) is 19.6 Å². The highest BCUT2D eigenvalue weighted by Crippen LogP contribution is 2.20. The van der Waals surface area contributed by atoms with Crippen LogP contribution < -0.4 is 5.32 Å². The third-order valence-electron chi connectivity index (χ3n) is 2.24. The van der Waals surface area contributed by atoms with E-state index in [1.165, 1.54) is 0 Å². The van der Waals surface area contributed by atoms with Gasteiger partial charge in [-0.05, 0) is 17.3 Å². The molecular weight excluding hydrogens is 190 g/mol. The second-order valence-corrected chi connectivity index (χ2v) is 6.15. The maximum absolute atomic E-state index is 11.5. The molecule has 0 fully saturated rings. The third kappa shape index (κ3) is 8.43. The van der Waals surface area contributed by atoms with Gasteiger partial charge in [-0.1, -0.05) is 34.6 Å². The molecule has 0 aliphatic heterocycles. The summed E-state index contributed by atoms with van der Waals surface area (Å²) in [5.74, 6) is 0.0912. The maximum atomic E-state index is 11.5. The van der Waals surface area contributed by atoms with Crippen molar-refractivity contribution in [2.24, 2.45) is 10.8 Å². The zero-order valence-corrected chi connectivity index (χ0v) is 10.7. The van der Waals surface area contributed by atoms with E-state index in [0.29, 0.717) is 19.4 Å². The molecule has 2 N–H and O–H groups in total. The fourth-order valence-corrected chi connectivity index (χ4v) is 1.27. The van der Waals surface area contributed by atoms with Crippen LogP contribution in [-0.4, -0.2) is 24.2 Å². The van der Waals surface area contributed by atoms with Crippen LogP contribution in [0.3, 0.4) is 0 Å². The first-order valence-electron chi connectivity index (χ1n) is 5.54. The quantitative estimate of drug-likeness (QED) is 0.736. The first-order chi connectivity index (χ1) is 6.66. The van der Waals surface area contributed by atoms with Gasteiger partial charge in [0.15, 0.2) is 0 Å². The van der Waals surface area contributed by atoms with Crippen LogP contribution in [0, 0.1) is 10.8 Å². The van der Waals surface area contributed by atoms with Gasteiger partial charge in [0.2, 0.25) is 5.91 Å². The molecule has 0 aliphatic carbocycles. The molecule has 0 atom stereocenters. The molecule has 0 rings (SSSR count). The van der Waals surface area contributed by atoms with Crippen molar-refractivity contribution in [3.8, 4) is 0 Å². The number of amides is 1. The van der Waals surface area contributed by atoms with Crippen molar-refractivity contribution in [1.82, 2.24) is 5.32 Å². The molecule has 0 spiro atoms. The van der Waals surface area contributed by atoms with Crippen molar-refractivity contribution in [2.45, 2.75) is 47.5 Å². The number of carbonyl (C=O) groups excluding carboxylic acids is 1. The Labute approximate surface area is 93.3 Å². The standard InChI is InChI=1S/C12H25NO2/c1-11(2,3)8-10(15)13-9-12(4,5)6-7-14/h14H,6-9H2,1-5H3,(H,13,15). The van der Waals surface area contributed by atoms with Crippen LogP contribution in [0.5, 0.6) is 0 Å². The molecule has 0 bridgehead atoms. The van der Waals surface area contributed by atoms with E-state index in [1.807, 2.05) is 34.6 Å². The van der Waals surface area contributed by atoms with Gasteiger partial charge >= 0.3 is 0 Å². The lowest BCUT2D eigenvalue weighted by Crippen LogP contribution is -2.36. The highest BCUT2D eigenvalue weighted by molar-refractivity contribution is 5.76. The summed E-state index contributed by atoms with van der Waals surface area (Å²) in [6.07, 6.45) is 1.25. The molecular formula is C12H25NO2. The molecule has 15 heavy (non-hydrogen) atoms. The zero-order chi connectivity index (χ0) is 12.1. The molecule has 3 heteroatoms. The average Bonchev–Trinajstić information content (AvgIpc) is 1.98. The fourth-order valence-electron chi connectivity index (χ4n) is 1.27. The van der Waals surface area contributed by atoms with E-state index >= 15 is 0 Å². The van der Waals surface area contributed by atoms with E-state index in [0.717, 1.165) is 0 Å². The Morgan fingerprint density at radius 2 is 1.73 bits per heavy atom. The lowest BCUT2D eigenvalue weighted by molar-refractivity contribution is -0.123. The smallest absolute Gasteiger partial charge is 0.220 e. The first kappa shape index (κ1) is 14.4. The summed E-state index contributed by atoms with van der Waals surface area (Å²) in [4.78, 5) is 11.5. The summed E-state index contributed by atoms with van der Waals surface area (Å²) < 4.78 is 0. The molecule has 0 aromatic rings. The van der Waals surface area contributed by atoms with E-state index < -0.39 is 0 Å². The Hall–Kier alpha value is -0.570. The van der Waals surface area contributed by atoms with Crippen molar-refractivity contribution < 1.29 is 9.90 Å².